The number of amides is 1. The summed E-state index contributed by atoms with van der Waals surface area (Å²) in [4.78, 5) is 17.6. The molecule has 1 aromatic heterocycles. The molecule has 2 rings (SSSR count). The lowest BCUT2D eigenvalue weighted by Gasteiger charge is -2.20. The van der Waals surface area contributed by atoms with Crippen LogP contribution in [0.5, 0.6) is 0 Å². The summed E-state index contributed by atoms with van der Waals surface area (Å²) in [5.41, 5.74) is 1.56. The Bertz CT molecular complexity index is 524. The van der Waals surface area contributed by atoms with Crippen LogP contribution in [0.2, 0.25) is 5.15 Å². The lowest BCUT2D eigenvalue weighted by Crippen LogP contribution is -2.26. The van der Waals surface area contributed by atoms with E-state index in [0.29, 0.717) is 23.8 Å². The molecular formula is C12H10BrClN2O. The molecule has 2 heterocycles. The summed E-state index contributed by atoms with van der Waals surface area (Å²) in [5, 5.41) is 0.330. The fourth-order valence-electron chi connectivity index (χ4n) is 1.89. The van der Waals surface area contributed by atoms with Crippen LogP contribution in [0.4, 0.5) is 5.69 Å². The van der Waals surface area contributed by atoms with Crippen LogP contribution in [0.3, 0.4) is 0 Å². The molecule has 5 heteroatoms. The van der Waals surface area contributed by atoms with E-state index in [4.69, 9.17) is 18.0 Å². The number of rotatable bonds is 1. The van der Waals surface area contributed by atoms with E-state index in [-0.39, 0.29) is 11.8 Å². The van der Waals surface area contributed by atoms with Crippen LogP contribution in [-0.2, 0) is 4.79 Å². The van der Waals surface area contributed by atoms with Gasteiger partial charge in [0.05, 0.1) is 5.69 Å². The molecular weight excluding hydrogens is 304 g/mol. The molecule has 1 atom stereocenters. The Balaban J connectivity index is 2.45. The van der Waals surface area contributed by atoms with E-state index in [9.17, 15) is 4.79 Å². The van der Waals surface area contributed by atoms with Gasteiger partial charge in [0.1, 0.15) is 0 Å². The average Bonchev–Trinajstić information content (AvgIpc) is 2.66. The summed E-state index contributed by atoms with van der Waals surface area (Å²) in [5.74, 6) is 2.56. The Hall–Kier alpha value is -1.05. The summed E-state index contributed by atoms with van der Waals surface area (Å²) >= 11 is 9.44. The summed E-state index contributed by atoms with van der Waals surface area (Å²) < 4.78 is 0.828. The van der Waals surface area contributed by atoms with Gasteiger partial charge in [0, 0.05) is 29.6 Å². The Morgan fingerprint density at radius 1 is 1.71 bits per heavy atom. The molecule has 1 aliphatic rings. The molecule has 88 valence electrons. The maximum atomic E-state index is 11.9. The predicted molar refractivity (Wildman–Crippen MR) is 71.0 cm³/mol. The lowest BCUT2D eigenvalue weighted by atomic mass is 10.1. The third kappa shape index (κ3) is 2.18. The molecule has 0 radical (unpaired) electrons. The van der Waals surface area contributed by atoms with Gasteiger partial charge >= 0.3 is 0 Å². The molecule has 1 amide bonds. The van der Waals surface area contributed by atoms with Crippen molar-refractivity contribution in [1.82, 2.24) is 4.98 Å². The van der Waals surface area contributed by atoms with E-state index in [2.05, 4.69) is 26.8 Å². The molecule has 1 saturated heterocycles. The van der Waals surface area contributed by atoms with Crippen molar-refractivity contribution in [2.45, 2.75) is 13.3 Å². The quantitative estimate of drug-likeness (QED) is 0.590. The zero-order chi connectivity index (χ0) is 12.6. The van der Waals surface area contributed by atoms with Crippen LogP contribution < -0.4 is 4.90 Å². The molecule has 0 spiro atoms. The Kier molecular flexibility index (Phi) is 3.41. The molecule has 0 aliphatic carbocycles. The van der Waals surface area contributed by atoms with Gasteiger partial charge < -0.3 is 4.90 Å². The minimum atomic E-state index is -0.0445. The average molecular weight is 314 g/mol. The number of hydrogen-bond donors (Lipinski definition) is 0. The summed E-state index contributed by atoms with van der Waals surface area (Å²) in [6, 6.07) is 0. The zero-order valence-electron chi connectivity index (χ0n) is 9.20. The molecule has 0 aromatic carbocycles. The molecule has 17 heavy (non-hydrogen) atoms. The van der Waals surface area contributed by atoms with Gasteiger partial charge in [0.25, 0.3) is 0 Å². The highest BCUT2D eigenvalue weighted by Crippen LogP contribution is 2.35. The van der Waals surface area contributed by atoms with E-state index in [0.717, 1.165) is 10.0 Å². The first-order valence-corrected chi connectivity index (χ1v) is 6.28. The fraction of sp³-hybridized carbons (Fsp3) is 0.333. The van der Waals surface area contributed by atoms with Crippen molar-refractivity contribution in [2.75, 3.05) is 11.4 Å². The van der Waals surface area contributed by atoms with Crippen molar-refractivity contribution in [3.05, 3.63) is 21.4 Å². The number of halogens is 2. The summed E-state index contributed by atoms with van der Waals surface area (Å²) in [6.07, 6.45) is 7.35. The zero-order valence-corrected chi connectivity index (χ0v) is 11.5. The SMILES string of the molecule is C#CC1CC(=O)N(c2c(Cl)ncc(Br)c2C)C1. The molecule has 3 nitrogen and oxygen atoms in total. The normalized spacial score (nSPS) is 19.5. The number of terminal acetylenes is 1. The monoisotopic (exact) mass is 312 g/mol. The molecule has 1 unspecified atom stereocenters. The Morgan fingerprint density at radius 3 is 3.00 bits per heavy atom. The number of carbonyl (C=O) groups excluding carboxylic acids is 1. The van der Waals surface area contributed by atoms with Gasteiger partial charge in [-0.25, -0.2) is 4.98 Å². The molecule has 1 aliphatic heterocycles. The first kappa shape index (κ1) is 12.4. The van der Waals surface area contributed by atoms with Crippen LogP contribution in [-0.4, -0.2) is 17.4 Å². The third-order valence-electron chi connectivity index (χ3n) is 2.83. The maximum Gasteiger partial charge on any atom is 0.228 e. The van der Waals surface area contributed by atoms with Gasteiger partial charge in [-0.15, -0.1) is 12.3 Å². The highest BCUT2D eigenvalue weighted by Gasteiger charge is 2.32. The number of carbonyl (C=O) groups is 1. The maximum absolute atomic E-state index is 11.9. The fourth-order valence-corrected chi connectivity index (χ4v) is 2.47. The largest absolute Gasteiger partial charge is 0.308 e. The van der Waals surface area contributed by atoms with E-state index >= 15 is 0 Å². The number of aromatic nitrogens is 1. The summed E-state index contributed by atoms with van der Waals surface area (Å²) in [7, 11) is 0. The van der Waals surface area contributed by atoms with Crippen molar-refractivity contribution in [3.63, 3.8) is 0 Å². The minimum Gasteiger partial charge on any atom is -0.308 e. The second-order valence-electron chi connectivity index (χ2n) is 3.94. The second kappa shape index (κ2) is 4.67. The molecule has 0 N–H and O–H groups in total. The van der Waals surface area contributed by atoms with Crippen LogP contribution in [0, 0.1) is 25.2 Å². The van der Waals surface area contributed by atoms with Crippen LogP contribution >= 0.6 is 27.5 Å². The van der Waals surface area contributed by atoms with Gasteiger partial charge in [-0.2, -0.15) is 0 Å². The van der Waals surface area contributed by atoms with Gasteiger partial charge in [-0.3, -0.25) is 4.79 Å². The number of anilines is 1. The van der Waals surface area contributed by atoms with Gasteiger partial charge in [-0.1, -0.05) is 11.6 Å². The van der Waals surface area contributed by atoms with Crippen LogP contribution in [0.25, 0.3) is 0 Å². The van der Waals surface area contributed by atoms with Crippen molar-refractivity contribution < 1.29 is 4.79 Å². The van der Waals surface area contributed by atoms with Crippen molar-refractivity contribution in [1.29, 1.82) is 0 Å². The van der Waals surface area contributed by atoms with E-state index < -0.39 is 0 Å². The van der Waals surface area contributed by atoms with Crippen molar-refractivity contribution >= 4 is 39.1 Å². The van der Waals surface area contributed by atoms with E-state index in [1.807, 2.05) is 6.92 Å². The Labute approximate surface area is 113 Å². The highest BCUT2D eigenvalue weighted by molar-refractivity contribution is 9.10. The first-order valence-electron chi connectivity index (χ1n) is 5.11. The number of hydrogen-bond acceptors (Lipinski definition) is 2. The predicted octanol–water partition coefficient (Wildman–Crippen LogP) is 2.79. The molecule has 1 fully saturated rings. The van der Waals surface area contributed by atoms with Crippen LogP contribution in [0.1, 0.15) is 12.0 Å². The lowest BCUT2D eigenvalue weighted by molar-refractivity contribution is -0.117. The smallest absolute Gasteiger partial charge is 0.228 e. The second-order valence-corrected chi connectivity index (χ2v) is 5.15. The Morgan fingerprint density at radius 2 is 2.41 bits per heavy atom. The third-order valence-corrected chi connectivity index (χ3v) is 3.91. The first-order chi connectivity index (χ1) is 8.04. The van der Waals surface area contributed by atoms with Gasteiger partial charge in [0.2, 0.25) is 5.91 Å². The summed E-state index contributed by atoms with van der Waals surface area (Å²) in [6.45, 7) is 2.40. The van der Waals surface area contributed by atoms with Crippen molar-refractivity contribution in [2.24, 2.45) is 5.92 Å². The molecule has 1 aromatic rings. The molecule has 0 bridgehead atoms. The number of pyridine rings is 1. The standard InChI is InChI=1S/C12H10BrClN2O/c1-3-8-4-10(17)16(6-8)11-7(2)9(13)5-15-12(11)14/h1,5,8H,4,6H2,2H3. The highest BCUT2D eigenvalue weighted by atomic mass is 79.9. The van der Waals surface area contributed by atoms with Gasteiger partial charge in [0.15, 0.2) is 5.15 Å². The van der Waals surface area contributed by atoms with E-state index in [1.54, 1.807) is 11.1 Å². The van der Waals surface area contributed by atoms with E-state index in [1.165, 1.54) is 0 Å². The molecule has 0 saturated carbocycles. The minimum absolute atomic E-state index is 0.00199. The van der Waals surface area contributed by atoms with Gasteiger partial charge in [-0.05, 0) is 28.4 Å². The topological polar surface area (TPSA) is 33.2 Å². The van der Waals surface area contributed by atoms with Crippen LogP contribution in [0.15, 0.2) is 10.7 Å². The van der Waals surface area contributed by atoms with Crippen molar-refractivity contribution in [3.8, 4) is 12.3 Å². The number of nitrogens with zero attached hydrogens (tertiary/aromatic N) is 2.